The quantitative estimate of drug-likeness (QED) is 0.311. The summed E-state index contributed by atoms with van der Waals surface area (Å²) in [5.41, 5.74) is 2.40. The van der Waals surface area contributed by atoms with Crippen LogP contribution < -0.4 is 5.32 Å². The number of nitrogens with one attached hydrogen (secondary N) is 1. The summed E-state index contributed by atoms with van der Waals surface area (Å²) in [6.07, 6.45) is 0.409. The third-order valence-electron chi connectivity index (χ3n) is 5.38. The summed E-state index contributed by atoms with van der Waals surface area (Å²) in [7, 11) is 0. The molecule has 0 bridgehead atoms. The van der Waals surface area contributed by atoms with Crippen molar-refractivity contribution in [2.24, 2.45) is 0 Å². The number of amides is 2. The van der Waals surface area contributed by atoms with E-state index in [1.807, 2.05) is 44.2 Å². The third kappa shape index (κ3) is 7.88. The van der Waals surface area contributed by atoms with Gasteiger partial charge in [-0.1, -0.05) is 88.9 Å². The van der Waals surface area contributed by atoms with Gasteiger partial charge in [0.15, 0.2) is 0 Å². The van der Waals surface area contributed by atoms with Crippen LogP contribution >= 0.6 is 46.4 Å². The fraction of sp³-hybridized carbons (Fsp3) is 0.259. The first kappa shape index (κ1) is 27.3. The van der Waals surface area contributed by atoms with E-state index in [-0.39, 0.29) is 30.8 Å². The summed E-state index contributed by atoms with van der Waals surface area (Å²) >= 11 is 24.5. The molecule has 0 spiro atoms. The number of nitrogens with zero attached hydrogens (tertiary/aromatic N) is 1. The van der Waals surface area contributed by atoms with Gasteiger partial charge in [-0.25, -0.2) is 0 Å². The van der Waals surface area contributed by atoms with Crippen LogP contribution in [0.3, 0.4) is 0 Å². The Labute approximate surface area is 226 Å². The summed E-state index contributed by atoms with van der Waals surface area (Å²) < 4.78 is 0. The van der Waals surface area contributed by atoms with Crippen LogP contribution in [0.2, 0.25) is 20.1 Å². The van der Waals surface area contributed by atoms with E-state index in [0.29, 0.717) is 32.1 Å². The number of carbonyl (C=O) groups is 2. The Bertz CT molecular complexity index is 1190. The predicted molar refractivity (Wildman–Crippen MR) is 144 cm³/mol. The summed E-state index contributed by atoms with van der Waals surface area (Å²) in [4.78, 5) is 28.7. The highest BCUT2D eigenvalue weighted by atomic mass is 35.5. The zero-order valence-electron chi connectivity index (χ0n) is 19.4. The van der Waals surface area contributed by atoms with Gasteiger partial charge in [-0.05, 0) is 54.8 Å². The molecule has 0 aliphatic rings. The van der Waals surface area contributed by atoms with Crippen LogP contribution in [0.1, 0.15) is 30.5 Å². The molecule has 184 valence electrons. The lowest BCUT2D eigenvalue weighted by molar-refractivity contribution is -0.141. The molecule has 8 heteroatoms. The van der Waals surface area contributed by atoms with Crippen LogP contribution in [0, 0.1) is 0 Å². The summed E-state index contributed by atoms with van der Waals surface area (Å²) in [6.45, 7) is 3.96. The zero-order chi connectivity index (χ0) is 25.5. The molecule has 0 aromatic heterocycles. The van der Waals surface area contributed by atoms with Gasteiger partial charge >= 0.3 is 0 Å². The van der Waals surface area contributed by atoms with Crippen molar-refractivity contribution in [3.8, 4) is 0 Å². The monoisotopic (exact) mass is 550 g/mol. The van der Waals surface area contributed by atoms with Crippen LogP contribution in [-0.4, -0.2) is 28.8 Å². The molecule has 0 aliphatic heterocycles. The SMILES string of the molecule is CC(C)NC(=O)C(Cc1ccccc1)N(Cc1ccc(Cl)c(Cl)c1)C(=O)Cc1ccc(Cl)c(Cl)c1. The second-order valence-corrected chi connectivity index (χ2v) is 10.2. The summed E-state index contributed by atoms with van der Waals surface area (Å²) in [5.74, 6) is -0.458. The van der Waals surface area contributed by atoms with Crippen molar-refractivity contribution in [2.75, 3.05) is 0 Å². The minimum atomic E-state index is -0.746. The lowest BCUT2D eigenvalue weighted by atomic mass is 10.0. The van der Waals surface area contributed by atoms with E-state index in [9.17, 15) is 9.59 Å². The van der Waals surface area contributed by atoms with Crippen molar-refractivity contribution in [1.82, 2.24) is 10.2 Å². The van der Waals surface area contributed by atoms with Crippen LogP contribution in [0.15, 0.2) is 66.7 Å². The van der Waals surface area contributed by atoms with E-state index in [2.05, 4.69) is 5.32 Å². The van der Waals surface area contributed by atoms with Gasteiger partial charge in [0.1, 0.15) is 6.04 Å². The average molecular weight is 552 g/mol. The largest absolute Gasteiger partial charge is 0.352 e. The van der Waals surface area contributed by atoms with Crippen LogP contribution in [0.25, 0.3) is 0 Å². The molecule has 0 heterocycles. The predicted octanol–water partition coefficient (Wildman–Crippen LogP) is 7.01. The van der Waals surface area contributed by atoms with Gasteiger partial charge in [0.25, 0.3) is 0 Å². The second-order valence-electron chi connectivity index (χ2n) is 8.56. The molecule has 4 nitrogen and oxygen atoms in total. The van der Waals surface area contributed by atoms with Crippen molar-refractivity contribution in [2.45, 2.75) is 45.3 Å². The number of benzene rings is 3. The van der Waals surface area contributed by atoms with Crippen molar-refractivity contribution in [1.29, 1.82) is 0 Å². The third-order valence-corrected chi connectivity index (χ3v) is 6.86. The van der Waals surface area contributed by atoms with Crippen LogP contribution in [0.4, 0.5) is 0 Å². The Morgan fingerprint density at radius 3 is 1.91 bits per heavy atom. The highest BCUT2D eigenvalue weighted by Crippen LogP contribution is 2.26. The van der Waals surface area contributed by atoms with Gasteiger partial charge in [-0.2, -0.15) is 0 Å². The maximum Gasteiger partial charge on any atom is 0.243 e. The molecule has 35 heavy (non-hydrogen) atoms. The van der Waals surface area contributed by atoms with Gasteiger partial charge in [-0.15, -0.1) is 0 Å². The highest BCUT2D eigenvalue weighted by Gasteiger charge is 2.31. The second kappa shape index (κ2) is 12.6. The fourth-order valence-electron chi connectivity index (χ4n) is 3.70. The molecule has 0 saturated heterocycles. The topological polar surface area (TPSA) is 49.4 Å². The first-order valence-electron chi connectivity index (χ1n) is 11.2. The van der Waals surface area contributed by atoms with E-state index in [0.717, 1.165) is 11.1 Å². The lowest BCUT2D eigenvalue weighted by Crippen LogP contribution is -2.52. The fourth-order valence-corrected chi connectivity index (χ4v) is 4.34. The van der Waals surface area contributed by atoms with E-state index < -0.39 is 6.04 Å². The van der Waals surface area contributed by atoms with Gasteiger partial charge in [0, 0.05) is 19.0 Å². The first-order chi connectivity index (χ1) is 16.6. The number of rotatable bonds is 9. The normalized spacial score (nSPS) is 11.9. The minimum Gasteiger partial charge on any atom is -0.352 e. The van der Waals surface area contributed by atoms with E-state index in [1.54, 1.807) is 41.3 Å². The number of hydrogen-bond acceptors (Lipinski definition) is 2. The maximum atomic E-state index is 13.7. The Morgan fingerprint density at radius 1 is 0.771 bits per heavy atom. The zero-order valence-corrected chi connectivity index (χ0v) is 22.4. The van der Waals surface area contributed by atoms with Crippen LogP contribution in [0.5, 0.6) is 0 Å². The molecule has 1 atom stereocenters. The molecule has 2 amide bonds. The van der Waals surface area contributed by atoms with Crippen molar-refractivity contribution < 1.29 is 9.59 Å². The molecule has 1 N–H and O–H groups in total. The molecule has 3 aromatic carbocycles. The van der Waals surface area contributed by atoms with E-state index in [1.165, 1.54) is 0 Å². The molecule has 3 aromatic rings. The number of carbonyl (C=O) groups excluding carboxylic acids is 2. The van der Waals surface area contributed by atoms with Crippen molar-refractivity contribution in [3.63, 3.8) is 0 Å². The summed E-state index contributed by atoms with van der Waals surface area (Å²) in [5, 5.41) is 4.55. The Balaban J connectivity index is 1.99. The van der Waals surface area contributed by atoms with Crippen LogP contribution in [-0.2, 0) is 29.0 Å². The number of halogens is 4. The van der Waals surface area contributed by atoms with Gasteiger partial charge in [0.05, 0.1) is 26.5 Å². The Hall–Kier alpha value is -2.24. The molecule has 1 unspecified atom stereocenters. The smallest absolute Gasteiger partial charge is 0.243 e. The molecular weight excluding hydrogens is 526 g/mol. The van der Waals surface area contributed by atoms with Gasteiger partial charge in [-0.3, -0.25) is 9.59 Å². The molecule has 3 rings (SSSR count). The first-order valence-corrected chi connectivity index (χ1v) is 12.7. The minimum absolute atomic E-state index is 0.0540. The average Bonchev–Trinajstić information content (AvgIpc) is 2.81. The highest BCUT2D eigenvalue weighted by molar-refractivity contribution is 6.42. The lowest BCUT2D eigenvalue weighted by Gasteiger charge is -2.32. The van der Waals surface area contributed by atoms with Gasteiger partial charge in [0.2, 0.25) is 11.8 Å². The molecule has 0 fully saturated rings. The number of hydrogen-bond donors (Lipinski definition) is 1. The van der Waals surface area contributed by atoms with E-state index in [4.69, 9.17) is 46.4 Å². The van der Waals surface area contributed by atoms with Crippen molar-refractivity contribution >= 4 is 58.2 Å². The standard InChI is InChI=1S/C27H26Cl4N2O2/c1-17(2)32-27(35)25(14-18-6-4-3-5-7-18)33(16-20-9-11-22(29)24(31)13-20)26(34)15-19-8-10-21(28)23(30)12-19/h3-13,17,25H,14-16H2,1-2H3,(H,32,35). The van der Waals surface area contributed by atoms with E-state index >= 15 is 0 Å². The summed E-state index contributed by atoms with van der Waals surface area (Å²) in [6, 6.07) is 19.1. The molecule has 0 radical (unpaired) electrons. The molecular formula is C27H26Cl4N2O2. The molecule has 0 aliphatic carbocycles. The molecule has 0 saturated carbocycles. The van der Waals surface area contributed by atoms with Crippen molar-refractivity contribution in [3.05, 3.63) is 104 Å². The van der Waals surface area contributed by atoms with Gasteiger partial charge < -0.3 is 10.2 Å². The maximum absolute atomic E-state index is 13.7. The Kier molecular flexibility index (Phi) is 9.88. The Morgan fingerprint density at radius 2 is 1.34 bits per heavy atom.